The number of Topliss-reactive ketones (excluding diaryl/α,β-unsaturated/α-hetero) is 1. The molecule has 1 aliphatic heterocycles. The number of carbonyl (C=O) groups excluding carboxylic acids is 1. The van der Waals surface area contributed by atoms with Crippen LogP contribution in [0.5, 0.6) is 0 Å². The molecular formula is C34H33FN4O3S. The quantitative estimate of drug-likeness (QED) is 0.175. The number of nitriles is 1. The van der Waals surface area contributed by atoms with Crippen molar-refractivity contribution >= 4 is 28.9 Å². The van der Waals surface area contributed by atoms with Crippen LogP contribution in [0, 0.1) is 53.4 Å². The van der Waals surface area contributed by atoms with E-state index in [4.69, 9.17) is 5.73 Å². The molecule has 0 saturated carbocycles. The number of hydrogen-bond acceptors (Lipinski definition) is 7. The number of nitrogens with two attached hydrogens (primary N) is 1. The first-order chi connectivity index (χ1) is 20.3. The second kappa shape index (κ2) is 11.3. The van der Waals surface area contributed by atoms with E-state index in [1.807, 2.05) is 34.6 Å². The standard InChI is InChI=1S/C34H33FN4O3S/c1-19-6-9-24(39(41)42)14-28(19)38-29-15-34(4,5)16-30(40)32(29)31(27(17-36)33(38)37)26-13-22(20(2)12-21(26)3)18-43-25-10-7-23(35)8-11-25/h6-14,31H,15-16,18,37H2,1-5H3. The first-order valence-corrected chi connectivity index (χ1v) is 15.0. The van der Waals surface area contributed by atoms with E-state index in [-0.39, 0.29) is 34.1 Å². The van der Waals surface area contributed by atoms with E-state index < -0.39 is 10.8 Å². The molecule has 0 radical (unpaired) electrons. The lowest BCUT2D eigenvalue weighted by atomic mass is 9.68. The van der Waals surface area contributed by atoms with Crippen LogP contribution in [-0.4, -0.2) is 10.7 Å². The van der Waals surface area contributed by atoms with E-state index in [2.05, 4.69) is 18.2 Å². The Balaban J connectivity index is 1.69. The summed E-state index contributed by atoms with van der Waals surface area (Å²) in [6, 6.07) is 17.3. The summed E-state index contributed by atoms with van der Waals surface area (Å²) < 4.78 is 13.4. The summed E-state index contributed by atoms with van der Waals surface area (Å²) in [5.74, 6) is -0.240. The van der Waals surface area contributed by atoms with Crippen molar-refractivity contribution in [1.29, 1.82) is 5.26 Å². The minimum absolute atomic E-state index is 0.0632. The maximum absolute atomic E-state index is 14.0. The molecule has 43 heavy (non-hydrogen) atoms. The molecule has 1 aliphatic carbocycles. The highest BCUT2D eigenvalue weighted by atomic mass is 32.2. The monoisotopic (exact) mass is 596 g/mol. The van der Waals surface area contributed by atoms with Crippen molar-refractivity contribution in [2.24, 2.45) is 11.1 Å². The molecule has 220 valence electrons. The van der Waals surface area contributed by atoms with Crippen LogP contribution in [0.25, 0.3) is 0 Å². The smallest absolute Gasteiger partial charge is 0.271 e. The molecule has 2 aliphatic rings. The van der Waals surface area contributed by atoms with Gasteiger partial charge in [-0.2, -0.15) is 5.26 Å². The summed E-state index contributed by atoms with van der Waals surface area (Å²) in [4.78, 5) is 27.9. The third kappa shape index (κ3) is 5.67. The Morgan fingerprint density at radius 1 is 1.07 bits per heavy atom. The molecule has 3 aromatic carbocycles. The van der Waals surface area contributed by atoms with E-state index in [9.17, 15) is 24.6 Å². The van der Waals surface area contributed by atoms with Crippen LogP contribution in [0.15, 0.2) is 82.2 Å². The number of ketones is 1. The second-order valence-corrected chi connectivity index (χ2v) is 13.1. The van der Waals surface area contributed by atoms with Crippen molar-refractivity contribution in [3.8, 4) is 6.07 Å². The average molecular weight is 597 g/mol. The maximum atomic E-state index is 14.0. The van der Waals surface area contributed by atoms with Gasteiger partial charge in [0.05, 0.1) is 28.2 Å². The Morgan fingerprint density at radius 3 is 2.42 bits per heavy atom. The molecule has 7 nitrogen and oxygen atoms in total. The van der Waals surface area contributed by atoms with Gasteiger partial charge in [0, 0.05) is 40.5 Å². The van der Waals surface area contributed by atoms with Crippen molar-refractivity contribution in [3.05, 3.63) is 121 Å². The third-order valence-electron chi connectivity index (χ3n) is 8.27. The number of aryl methyl sites for hydroxylation is 3. The zero-order chi connectivity index (χ0) is 31.2. The molecule has 0 aromatic heterocycles. The lowest BCUT2D eigenvalue weighted by molar-refractivity contribution is -0.384. The van der Waals surface area contributed by atoms with Gasteiger partial charge in [-0.05, 0) is 84.7 Å². The predicted molar refractivity (Wildman–Crippen MR) is 167 cm³/mol. The number of nitro groups is 1. The SMILES string of the molecule is Cc1cc(C)c(C2C(C#N)=C(N)N(c3cc([N+](=O)[O-])ccc3C)C3=C2C(=O)CC(C)(C)C3)cc1CSc1ccc(F)cc1. The normalized spacial score (nSPS) is 18.0. The van der Waals surface area contributed by atoms with E-state index >= 15 is 0 Å². The molecule has 1 atom stereocenters. The van der Waals surface area contributed by atoms with Gasteiger partial charge in [-0.25, -0.2) is 4.39 Å². The van der Waals surface area contributed by atoms with E-state index in [1.54, 1.807) is 34.9 Å². The van der Waals surface area contributed by atoms with Gasteiger partial charge in [-0.15, -0.1) is 11.8 Å². The van der Waals surface area contributed by atoms with Gasteiger partial charge >= 0.3 is 0 Å². The van der Waals surface area contributed by atoms with Crippen LogP contribution in [0.1, 0.15) is 60.4 Å². The second-order valence-electron chi connectivity index (χ2n) is 12.1. The van der Waals surface area contributed by atoms with Gasteiger partial charge in [-0.3, -0.25) is 19.8 Å². The molecule has 9 heteroatoms. The fourth-order valence-electron chi connectivity index (χ4n) is 6.12. The Bertz CT molecular complexity index is 1770. The molecular weight excluding hydrogens is 563 g/mol. The van der Waals surface area contributed by atoms with Crippen molar-refractivity contribution in [2.45, 2.75) is 64.0 Å². The zero-order valence-corrected chi connectivity index (χ0v) is 25.6. The Hall–Kier alpha value is -4.42. The largest absolute Gasteiger partial charge is 0.384 e. The van der Waals surface area contributed by atoms with Crippen molar-refractivity contribution in [1.82, 2.24) is 0 Å². The average Bonchev–Trinajstić information content (AvgIpc) is 2.93. The molecule has 1 heterocycles. The number of rotatable bonds is 6. The van der Waals surface area contributed by atoms with Crippen LogP contribution in [0.3, 0.4) is 0 Å². The molecule has 5 rings (SSSR count). The Morgan fingerprint density at radius 2 is 1.77 bits per heavy atom. The third-order valence-corrected chi connectivity index (χ3v) is 9.33. The number of thioether (sulfide) groups is 1. The minimum Gasteiger partial charge on any atom is -0.384 e. The van der Waals surface area contributed by atoms with E-state index in [1.165, 1.54) is 24.3 Å². The summed E-state index contributed by atoms with van der Waals surface area (Å²) in [5, 5.41) is 22.2. The number of anilines is 1. The number of hydrogen-bond donors (Lipinski definition) is 1. The molecule has 2 N–H and O–H groups in total. The molecule has 0 saturated heterocycles. The number of carbonyl (C=O) groups is 1. The van der Waals surface area contributed by atoms with Crippen LogP contribution >= 0.6 is 11.8 Å². The van der Waals surface area contributed by atoms with E-state index in [0.717, 1.165) is 32.7 Å². The van der Waals surface area contributed by atoms with Crippen LogP contribution in [0.2, 0.25) is 0 Å². The van der Waals surface area contributed by atoms with Gasteiger partial charge in [0.2, 0.25) is 0 Å². The van der Waals surface area contributed by atoms with Gasteiger partial charge in [0.15, 0.2) is 5.78 Å². The van der Waals surface area contributed by atoms with Gasteiger partial charge < -0.3 is 5.73 Å². The van der Waals surface area contributed by atoms with E-state index in [0.29, 0.717) is 35.6 Å². The van der Waals surface area contributed by atoms with Crippen LogP contribution in [0.4, 0.5) is 15.8 Å². The number of benzene rings is 3. The fourth-order valence-corrected chi connectivity index (χ4v) is 7.08. The molecule has 3 aromatic rings. The summed E-state index contributed by atoms with van der Waals surface area (Å²) >= 11 is 1.58. The van der Waals surface area contributed by atoms with Crippen LogP contribution in [-0.2, 0) is 10.5 Å². The highest BCUT2D eigenvalue weighted by Crippen LogP contribution is 2.51. The highest BCUT2D eigenvalue weighted by molar-refractivity contribution is 7.98. The predicted octanol–water partition coefficient (Wildman–Crippen LogP) is 7.89. The molecule has 0 spiro atoms. The topological polar surface area (TPSA) is 113 Å². The lowest BCUT2D eigenvalue weighted by Crippen LogP contribution is -2.42. The molecule has 0 amide bonds. The van der Waals surface area contributed by atoms with Crippen molar-refractivity contribution < 1.29 is 14.1 Å². The number of non-ortho nitro benzene ring substituents is 1. The zero-order valence-electron chi connectivity index (χ0n) is 24.8. The first-order valence-electron chi connectivity index (χ1n) is 14.0. The number of nitrogens with zero attached hydrogens (tertiary/aromatic N) is 3. The minimum atomic E-state index is -0.672. The lowest BCUT2D eigenvalue weighted by Gasteiger charge is -2.44. The van der Waals surface area contributed by atoms with Gasteiger partial charge in [0.25, 0.3) is 5.69 Å². The summed E-state index contributed by atoms with van der Waals surface area (Å²) in [6.45, 7) is 9.86. The van der Waals surface area contributed by atoms with Crippen LogP contribution < -0.4 is 10.6 Å². The van der Waals surface area contributed by atoms with Crippen molar-refractivity contribution in [3.63, 3.8) is 0 Å². The summed E-state index contributed by atoms with van der Waals surface area (Å²) in [6.07, 6.45) is 0.811. The van der Waals surface area contributed by atoms with Crippen molar-refractivity contribution in [2.75, 3.05) is 4.90 Å². The van der Waals surface area contributed by atoms with Gasteiger partial charge in [0.1, 0.15) is 11.6 Å². The van der Waals surface area contributed by atoms with Gasteiger partial charge in [-0.1, -0.05) is 32.0 Å². The summed E-state index contributed by atoms with van der Waals surface area (Å²) in [7, 11) is 0. The maximum Gasteiger partial charge on any atom is 0.271 e. The highest BCUT2D eigenvalue weighted by Gasteiger charge is 2.45. The molecule has 0 bridgehead atoms. The Labute approximate surface area is 255 Å². The number of nitro benzene ring substituents is 1. The molecule has 1 unspecified atom stereocenters. The first kappa shape index (κ1) is 30.1. The number of allylic oxidation sites excluding steroid dienone is 3. The molecule has 0 fully saturated rings. The summed E-state index contributed by atoms with van der Waals surface area (Å²) in [5.41, 5.74) is 12.9. The Kier molecular flexibility index (Phi) is 7.93. The fraction of sp³-hybridized carbons (Fsp3) is 0.294. The number of halogens is 1.